The summed E-state index contributed by atoms with van der Waals surface area (Å²) in [6, 6.07) is 7.71. The zero-order chi connectivity index (χ0) is 13.9. The van der Waals surface area contributed by atoms with Crippen molar-refractivity contribution in [2.75, 3.05) is 11.4 Å². The Morgan fingerprint density at radius 1 is 1.20 bits per heavy atom. The first-order valence-corrected chi connectivity index (χ1v) is 7.45. The van der Waals surface area contributed by atoms with E-state index in [0.717, 1.165) is 31.5 Å². The molecule has 20 heavy (non-hydrogen) atoms. The van der Waals surface area contributed by atoms with Gasteiger partial charge in [0.05, 0.1) is 0 Å². The molecule has 1 aromatic rings. The number of anilines is 1. The first kappa shape index (κ1) is 13.2. The number of nitrogens with zero attached hydrogens (tertiary/aromatic N) is 1. The summed E-state index contributed by atoms with van der Waals surface area (Å²) in [7, 11) is 0. The Balaban J connectivity index is 1.73. The van der Waals surface area contributed by atoms with E-state index in [9.17, 15) is 9.59 Å². The highest BCUT2D eigenvalue weighted by atomic mass is 16.2. The first-order valence-electron chi connectivity index (χ1n) is 7.45. The van der Waals surface area contributed by atoms with Crippen LogP contribution in [0.4, 0.5) is 5.69 Å². The standard InChI is InChI=1S/C16H20N2O2/c19-15-9-4-10-18(15)14-8-3-5-12(11-14)16(20)17-13-6-1-2-7-13/h3,5,8,11,13H,1-2,4,6-7,9-10H2,(H,17,20). The van der Waals surface area contributed by atoms with Crippen LogP contribution in [0.15, 0.2) is 24.3 Å². The number of nitrogens with one attached hydrogen (secondary N) is 1. The van der Waals surface area contributed by atoms with E-state index < -0.39 is 0 Å². The molecule has 4 nitrogen and oxygen atoms in total. The second kappa shape index (κ2) is 5.65. The van der Waals surface area contributed by atoms with Crippen LogP contribution in [0.1, 0.15) is 48.9 Å². The molecular formula is C16H20N2O2. The van der Waals surface area contributed by atoms with Gasteiger partial charge in [0.1, 0.15) is 0 Å². The number of benzene rings is 1. The predicted molar refractivity (Wildman–Crippen MR) is 77.8 cm³/mol. The quantitative estimate of drug-likeness (QED) is 0.919. The van der Waals surface area contributed by atoms with Crippen molar-refractivity contribution >= 4 is 17.5 Å². The fourth-order valence-corrected chi connectivity index (χ4v) is 3.08. The summed E-state index contributed by atoms with van der Waals surface area (Å²) in [5.41, 5.74) is 1.49. The van der Waals surface area contributed by atoms with Crippen molar-refractivity contribution in [1.82, 2.24) is 5.32 Å². The van der Waals surface area contributed by atoms with Gasteiger partial charge in [-0.15, -0.1) is 0 Å². The normalized spacial score (nSPS) is 19.6. The van der Waals surface area contributed by atoms with E-state index in [0.29, 0.717) is 18.0 Å². The minimum absolute atomic E-state index is 0.0228. The molecule has 0 bridgehead atoms. The average molecular weight is 272 g/mol. The Morgan fingerprint density at radius 2 is 2.00 bits per heavy atom. The van der Waals surface area contributed by atoms with Crippen molar-refractivity contribution in [1.29, 1.82) is 0 Å². The maximum absolute atomic E-state index is 12.2. The van der Waals surface area contributed by atoms with Crippen molar-refractivity contribution in [3.8, 4) is 0 Å². The minimum Gasteiger partial charge on any atom is -0.349 e. The van der Waals surface area contributed by atoms with E-state index in [4.69, 9.17) is 0 Å². The molecule has 0 aromatic heterocycles. The number of carbonyl (C=O) groups excluding carboxylic acids is 2. The van der Waals surface area contributed by atoms with Gasteiger partial charge >= 0.3 is 0 Å². The number of carbonyl (C=O) groups is 2. The number of hydrogen-bond donors (Lipinski definition) is 1. The van der Waals surface area contributed by atoms with E-state index in [1.807, 2.05) is 24.3 Å². The van der Waals surface area contributed by atoms with Crippen molar-refractivity contribution in [3.63, 3.8) is 0 Å². The van der Waals surface area contributed by atoms with Crippen molar-refractivity contribution in [3.05, 3.63) is 29.8 Å². The van der Waals surface area contributed by atoms with E-state index in [1.165, 1.54) is 12.8 Å². The van der Waals surface area contributed by atoms with Gasteiger partial charge in [-0.2, -0.15) is 0 Å². The van der Waals surface area contributed by atoms with Gasteiger partial charge in [0.15, 0.2) is 0 Å². The maximum Gasteiger partial charge on any atom is 0.251 e. The Morgan fingerprint density at radius 3 is 2.70 bits per heavy atom. The maximum atomic E-state index is 12.2. The first-order chi connectivity index (χ1) is 9.74. The van der Waals surface area contributed by atoms with Gasteiger partial charge in [0.2, 0.25) is 5.91 Å². The second-order valence-electron chi connectivity index (χ2n) is 5.65. The van der Waals surface area contributed by atoms with Crippen LogP contribution in [0, 0.1) is 0 Å². The Bertz CT molecular complexity index is 521. The lowest BCUT2D eigenvalue weighted by Gasteiger charge is -2.17. The highest BCUT2D eigenvalue weighted by molar-refractivity contribution is 5.99. The Kier molecular flexibility index (Phi) is 3.72. The SMILES string of the molecule is O=C(NC1CCCC1)c1cccc(N2CCCC2=O)c1. The summed E-state index contributed by atoms with van der Waals surface area (Å²) in [6.45, 7) is 0.756. The fraction of sp³-hybridized carbons (Fsp3) is 0.500. The largest absolute Gasteiger partial charge is 0.349 e. The van der Waals surface area contributed by atoms with Gasteiger partial charge in [-0.3, -0.25) is 9.59 Å². The molecule has 1 N–H and O–H groups in total. The number of hydrogen-bond acceptors (Lipinski definition) is 2. The molecule has 1 saturated heterocycles. The van der Waals surface area contributed by atoms with Crippen LogP contribution < -0.4 is 10.2 Å². The molecule has 1 saturated carbocycles. The van der Waals surface area contributed by atoms with Gasteiger partial charge < -0.3 is 10.2 Å². The molecule has 0 spiro atoms. The molecule has 1 aliphatic heterocycles. The molecule has 0 unspecified atom stereocenters. The lowest BCUT2D eigenvalue weighted by atomic mass is 10.1. The van der Waals surface area contributed by atoms with E-state index >= 15 is 0 Å². The third-order valence-electron chi connectivity index (χ3n) is 4.18. The monoisotopic (exact) mass is 272 g/mol. The Labute approximate surface area is 119 Å². The lowest BCUT2D eigenvalue weighted by Crippen LogP contribution is -2.32. The van der Waals surface area contributed by atoms with Crippen molar-refractivity contribution < 1.29 is 9.59 Å². The smallest absolute Gasteiger partial charge is 0.251 e. The summed E-state index contributed by atoms with van der Waals surface area (Å²) in [5.74, 6) is 0.128. The third-order valence-corrected chi connectivity index (χ3v) is 4.18. The Hall–Kier alpha value is -1.84. The molecule has 1 heterocycles. The minimum atomic E-state index is -0.0228. The molecule has 2 fully saturated rings. The summed E-state index contributed by atoms with van der Waals surface area (Å²) in [6.07, 6.45) is 6.07. The third kappa shape index (κ3) is 2.69. The van der Waals surface area contributed by atoms with Crippen LogP contribution in [0.5, 0.6) is 0 Å². The van der Waals surface area contributed by atoms with Crippen LogP contribution in [-0.4, -0.2) is 24.4 Å². The summed E-state index contributed by atoms with van der Waals surface area (Å²) in [4.78, 5) is 25.8. The van der Waals surface area contributed by atoms with Crippen LogP contribution in [0.3, 0.4) is 0 Å². The predicted octanol–water partition coefficient (Wildman–Crippen LogP) is 2.49. The van der Waals surface area contributed by atoms with Gasteiger partial charge in [-0.25, -0.2) is 0 Å². The zero-order valence-corrected chi connectivity index (χ0v) is 11.6. The van der Waals surface area contributed by atoms with Gasteiger partial charge in [0.25, 0.3) is 5.91 Å². The van der Waals surface area contributed by atoms with Crippen LogP contribution in [0.2, 0.25) is 0 Å². The average Bonchev–Trinajstić information content (AvgIpc) is 3.10. The molecule has 4 heteroatoms. The van der Waals surface area contributed by atoms with Crippen LogP contribution in [0.25, 0.3) is 0 Å². The van der Waals surface area contributed by atoms with Gasteiger partial charge in [-0.1, -0.05) is 18.9 Å². The molecule has 106 valence electrons. The topological polar surface area (TPSA) is 49.4 Å². The molecule has 1 aromatic carbocycles. The zero-order valence-electron chi connectivity index (χ0n) is 11.6. The molecule has 0 atom stereocenters. The lowest BCUT2D eigenvalue weighted by molar-refractivity contribution is -0.117. The number of rotatable bonds is 3. The van der Waals surface area contributed by atoms with Crippen LogP contribution >= 0.6 is 0 Å². The number of amides is 2. The highest BCUT2D eigenvalue weighted by Crippen LogP contribution is 2.23. The second-order valence-corrected chi connectivity index (χ2v) is 5.65. The molecule has 0 radical (unpaired) electrons. The van der Waals surface area contributed by atoms with Crippen molar-refractivity contribution in [2.45, 2.75) is 44.6 Å². The van der Waals surface area contributed by atoms with Gasteiger partial charge in [-0.05, 0) is 37.5 Å². The van der Waals surface area contributed by atoms with E-state index in [2.05, 4.69) is 5.32 Å². The van der Waals surface area contributed by atoms with E-state index in [1.54, 1.807) is 4.90 Å². The molecule has 3 rings (SSSR count). The van der Waals surface area contributed by atoms with E-state index in [-0.39, 0.29) is 11.8 Å². The summed E-state index contributed by atoms with van der Waals surface area (Å²) < 4.78 is 0. The molecule has 1 aliphatic carbocycles. The highest BCUT2D eigenvalue weighted by Gasteiger charge is 2.23. The molecule has 2 amide bonds. The van der Waals surface area contributed by atoms with Crippen molar-refractivity contribution in [2.24, 2.45) is 0 Å². The fourth-order valence-electron chi connectivity index (χ4n) is 3.08. The van der Waals surface area contributed by atoms with Crippen LogP contribution in [-0.2, 0) is 4.79 Å². The van der Waals surface area contributed by atoms with Gasteiger partial charge in [0, 0.05) is 30.3 Å². The molecule has 2 aliphatic rings. The summed E-state index contributed by atoms with van der Waals surface area (Å²) in [5, 5.41) is 3.08. The summed E-state index contributed by atoms with van der Waals surface area (Å²) >= 11 is 0. The molecular weight excluding hydrogens is 252 g/mol.